The van der Waals surface area contributed by atoms with Gasteiger partial charge in [0.2, 0.25) is 0 Å². The molecular weight excluding hydrogens is 428 g/mol. The molecule has 1 aromatic heterocycles. The second-order valence-corrected chi connectivity index (χ2v) is 7.81. The standard InChI is InChI=1S/C28H26N2O4/c1-33-26-17-24(14-15-25(26)34-20-23-7-3-2-4-8-23)28(32)29-18-21-10-12-22(13-11-21)19-30-16-6-5-9-27(30)31/h2-17H,18-20H2,1H3,(H,29,32). The molecule has 1 heterocycles. The van der Waals surface area contributed by atoms with Crippen molar-refractivity contribution in [2.45, 2.75) is 19.7 Å². The van der Waals surface area contributed by atoms with Crippen LogP contribution in [0.4, 0.5) is 0 Å². The van der Waals surface area contributed by atoms with Crippen LogP contribution in [0.3, 0.4) is 0 Å². The van der Waals surface area contributed by atoms with Gasteiger partial charge in [-0.3, -0.25) is 9.59 Å². The Balaban J connectivity index is 1.34. The third kappa shape index (κ3) is 5.92. The second-order valence-electron chi connectivity index (χ2n) is 7.81. The topological polar surface area (TPSA) is 69.6 Å². The van der Waals surface area contributed by atoms with E-state index in [4.69, 9.17) is 9.47 Å². The number of methoxy groups -OCH3 is 1. The molecule has 0 saturated carbocycles. The maximum absolute atomic E-state index is 12.7. The number of nitrogens with one attached hydrogen (secondary N) is 1. The highest BCUT2D eigenvalue weighted by Crippen LogP contribution is 2.29. The molecule has 6 heteroatoms. The Labute approximate surface area is 198 Å². The minimum absolute atomic E-state index is 0.0363. The van der Waals surface area contributed by atoms with Crippen LogP contribution in [-0.4, -0.2) is 17.6 Å². The number of ether oxygens (including phenoxy) is 2. The maximum Gasteiger partial charge on any atom is 0.251 e. The summed E-state index contributed by atoms with van der Waals surface area (Å²) in [6, 6.07) is 27.9. The molecule has 0 bridgehead atoms. The lowest BCUT2D eigenvalue weighted by molar-refractivity contribution is 0.0950. The van der Waals surface area contributed by atoms with Gasteiger partial charge in [-0.1, -0.05) is 60.7 Å². The van der Waals surface area contributed by atoms with Crippen molar-refractivity contribution < 1.29 is 14.3 Å². The molecule has 0 aliphatic carbocycles. The molecule has 4 rings (SSSR count). The van der Waals surface area contributed by atoms with E-state index in [1.165, 1.54) is 0 Å². The van der Waals surface area contributed by atoms with Gasteiger partial charge in [-0.05, 0) is 41.0 Å². The number of rotatable bonds is 9. The smallest absolute Gasteiger partial charge is 0.251 e. The lowest BCUT2D eigenvalue weighted by atomic mass is 10.1. The maximum atomic E-state index is 12.7. The highest BCUT2D eigenvalue weighted by molar-refractivity contribution is 5.94. The summed E-state index contributed by atoms with van der Waals surface area (Å²) in [6.07, 6.45) is 1.77. The lowest BCUT2D eigenvalue weighted by Gasteiger charge is -2.13. The first-order chi connectivity index (χ1) is 16.6. The molecule has 1 N–H and O–H groups in total. The molecular formula is C28H26N2O4. The first-order valence-corrected chi connectivity index (χ1v) is 11.0. The van der Waals surface area contributed by atoms with E-state index in [-0.39, 0.29) is 11.5 Å². The lowest BCUT2D eigenvalue weighted by Crippen LogP contribution is -2.23. The summed E-state index contributed by atoms with van der Waals surface area (Å²) in [5.74, 6) is 0.882. The number of hydrogen-bond acceptors (Lipinski definition) is 4. The number of carbonyl (C=O) groups excluding carboxylic acids is 1. The zero-order valence-electron chi connectivity index (χ0n) is 18.9. The molecule has 0 unspecified atom stereocenters. The number of pyridine rings is 1. The molecule has 172 valence electrons. The molecule has 4 aromatic rings. The molecule has 0 fully saturated rings. The van der Waals surface area contributed by atoms with Crippen molar-refractivity contribution in [3.8, 4) is 11.5 Å². The van der Waals surface area contributed by atoms with Crippen molar-refractivity contribution in [3.63, 3.8) is 0 Å². The van der Waals surface area contributed by atoms with E-state index in [0.717, 1.165) is 16.7 Å². The zero-order valence-corrected chi connectivity index (χ0v) is 18.9. The predicted octanol–water partition coefficient (Wildman–Crippen LogP) is 4.41. The van der Waals surface area contributed by atoms with Crippen LogP contribution in [-0.2, 0) is 19.7 Å². The van der Waals surface area contributed by atoms with Crippen LogP contribution in [0.1, 0.15) is 27.0 Å². The molecule has 0 spiro atoms. The van der Waals surface area contributed by atoms with Gasteiger partial charge in [0.05, 0.1) is 13.7 Å². The van der Waals surface area contributed by atoms with Crippen LogP contribution in [0.2, 0.25) is 0 Å². The van der Waals surface area contributed by atoms with Crippen LogP contribution < -0.4 is 20.3 Å². The number of amides is 1. The first-order valence-electron chi connectivity index (χ1n) is 11.0. The van der Waals surface area contributed by atoms with Crippen LogP contribution in [0, 0.1) is 0 Å². The molecule has 3 aromatic carbocycles. The van der Waals surface area contributed by atoms with E-state index in [2.05, 4.69) is 5.32 Å². The van der Waals surface area contributed by atoms with Gasteiger partial charge in [-0.15, -0.1) is 0 Å². The van der Waals surface area contributed by atoms with Crippen LogP contribution in [0.15, 0.2) is 102 Å². The summed E-state index contributed by atoms with van der Waals surface area (Å²) < 4.78 is 12.9. The molecule has 34 heavy (non-hydrogen) atoms. The van der Waals surface area contributed by atoms with Gasteiger partial charge in [0.1, 0.15) is 6.61 Å². The Morgan fingerprint density at radius 1 is 0.824 bits per heavy atom. The fourth-order valence-corrected chi connectivity index (χ4v) is 3.50. The number of benzene rings is 3. The third-order valence-corrected chi connectivity index (χ3v) is 5.39. The van der Waals surface area contributed by atoms with Crippen LogP contribution in [0.5, 0.6) is 11.5 Å². The van der Waals surface area contributed by atoms with Gasteiger partial charge in [-0.2, -0.15) is 0 Å². The van der Waals surface area contributed by atoms with E-state index in [0.29, 0.717) is 36.8 Å². The number of aromatic nitrogens is 1. The molecule has 0 atom stereocenters. The van der Waals surface area contributed by atoms with Crippen molar-refractivity contribution in [1.29, 1.82) is 0 Å². The van der Waals surface area contributed by atoms with Gasteiger partial charge in [0.15, 0.2) is 11.5 Å². The van der Waals surface area contributed by atoms with Crippen molar-refractivity contribution in [2.75, 3.05) is 7.11 Å². The van der Waals surface area contributed by atoms with Crippen molar-refractivity contribution in [1.82, 2.24) is 9.88 Å². The number of nitrogens with zero attached hydrogens (tertiary/aromatic N) is 1. The Morgan fingerprint density at radius 2 is 1.56 bits per heavy atom. The normalized spacial score (nSPS) is 10.5. The van der Waals surface area contributed by atoms with E-state index in [1.54, 1.807) is 48.2 Å². The summed E-state index contributed by atoms with van der Waals surface area (Å²) in [4.78, 5) is 24.5. The summed E-state index contributed by atoms with van der Waals surface area (Å²) in [5, 5.41) is 2.93. The van der Waals surface area contributed by atoms with Crippen LogP contribution >= 0.6 is 0 Å². The minimum Gasteiger partial charge on any atom is -0.493 e. The Kier molecular flexibility index (Phi) is 7.40. The quantitative estimate of drug-likeness (QED) is 0.407. The molecule has 0 aliphatic heterocycles. The molecule has 0 aliphatic rings. The van der Waals surface area contributed by atoms with Gasteiger partial charge >= 0.3 is 0 Å². The zero-order chi connectivity index (χ0) is 23.8. The average molecular weight is 455 g/mol. The van der Waals surface area contributed by atoms with Crippen molar-refractivity contribution in [2.24, 2.45) is 0 Å². The van der Waals surface area contributed by atoms with Crippen molar-refractivity contribution >= 4 is 5.91 Å². The van der Waals surface area contributed by atoms with Gasteiger partial charge in [0, 0.05) is 24.4 Å². The highest BCUT2D eigenvalue weighted by Gasteiger charge is 2.11. The largest absolute Gasteiger partial charge is 0.493 e. The molecule has 1 amide bonds. The molecule has 0 radical (unpaired) electrons. The monoisotopic (exact) mass is 454 g/mol. The summed E-state index contributed by atoms with van der Waals surface area (Å²) >= 11 is 0. The predicted molar refractivity (Wildman–Crippen MR) is 131 cm³/mol. The summed E-state index contributed by atoms with van der Waals surface area (Å²) in [5.41, 5.74) is 3.48. The fraction of sp³-hybridized carbons (Fsp3) is 0.143. The highest BCUT2D eigenvalue weighted by atomic mass is 16.5. The summed E-state index contributed by atoms with van der Waals surface area (Å²) in [6.45, 7) is 1.31. The Morgan fingerprint density at radius 3 is 2.29 bits per heavy atom. The van der Waals surface area contributed by atoms with Gasteiger partial charge < -0.3 is 19.4 Å². The summed E-state index contributed by atoms with van der Waals surface area (Å²) in [7, 11) is 1.55. The van der Waals surface area contributed by atoms with E-state index in [9.17, 15) is 9.59 Å². The Bertz CT molecular complexity index is 1300. The SMILES string of the molecule is COc1cc(C(=O)NCc2ccc(Cn3ccccc3=O)cc2)ccc1OCc1ccccc1. The first kappa shape index (κ1) is 22.9. The van der Waals surface area contributed by atoms with Crippen molar-refractivity contribution in [3.05, 3.63) is 130 Å². The van der Waals surface area contributed by atoms with Crippen LogP contribution in [0.25, 0.3) is 0 Å². The van der Waals surface area contributed by atoms with E-state index in [1.807, 2.05) is 60.7 Å². The second kappa shape index (κ2) is 11.0. The Hall–Kier alpha value is -4.32. The van der Waals surface area contributed by atoms with Gasteiger partial charge in [-0.25, -0.2) is 0 Å². The van der Waals surface area contributed by atoms with E-state index >= 15 is 0 Å². The van der Waals surface area contributed by atoms with Gasteiger partial charge in [0.25, 0.3) is 11.5 Å². The third-order valence-electron chi connectivity index (χ3n) is 5.39. The molecule has 6 nitrogen and oxygen atoms in total. The number of hydrogen-bond donors (Lipinski definition) is 1. The number of carbonyl (C=O) groups is 1. The van der Waals surface area contributed by atoms with E-state index < -0.39 is 0 Å². The minimum atomic E-state index is -0.201. The molecule has 0 saturated heterocycles. The fourth-order valence-electron chi connectivity index (χ4n) is 3.50. The average Bonchev–Trinajstić information content (AvgIpc) is 2.88.